The maximum absolute atomic E-state index is 6.17. The number of pyridine rings is 1. The lowest BCUT2D eigenvalue weighted by Gasteiger charge is -2.03. The molecule has 3 rings (SSSR count). The van der Waals surface area contributed by atoms with Crippen molar-refractivity contribution >= 4 is 34.7 Å². The molecule has 0 bridgehead atoms. The monoisotopic (exact) mass is 303 g/mol. The summed E-state index contributed by atoms with van der Waals surface area (Å²) in [6, 6.07) is 9.68. The van der Waals surface area contributed by atoms with Gasteiger partial charge in [0.25, 0.3) is 0 Å². The summed E-state index contributed by atoms with van der Waals surface area (Å²) in [5, 5.41) is 0.689. The van der Waals surface area contributed by atoms with Crippen molar-refractivity contribution in [3.63, 3.8) is 0 Å². The van der Waals surface area contributed by atoms with Gasteiger partial charge in [-0.05, 0) is 36.8 Å². The number of imidazole rings is 1. The molecule has 0 aliphatic heterocycles. The van der Waals surface area contributed by atoms with Crippen LogP contribution in [0, 0.1) is 6.92 Å². The number of halogens is 1. The van der Waals surface area contributed by atoms with E-state index in [0.717, 1.165) is 22.0 Å². The predicted octanol–water partition coefficient (Wildman–Crippen LogP) is 4.17. The first kappa shape index (κ1) is 13.3. The third-order valence-corrected chi connectivity index (χ3v) is 4.51. The van der Waals surface area contributed by atoms with Crippen LogP contribution in [0.1, 0.15) is 11.3 Å². The van der Waals surface area contributed by atoms with Gasteiger partial charge in [0.2, 0.25) is 0 Å². The van der Waals surface area contributed by atoms with Gasteiger partial charge in [-0.25, -0.2) is 4.98 Å². The van der Waals surface area contributed by atoms with Gasteiger partial charge in [0.1, 0.15) is 5.65 Å². The number of nitrogen functional groups attached to an aromatic ring is 1. The number of hydrogen-bond donors (Lipinski definition) is 1. The van der Waals surface area contributed by atoms with Crippen LogP contribution in [0.2, 0.25) is 5.02 Å². The molecule has 0 radical (unpaired) electrons. The molecule has 20 heavy (non-hydrogen) atoms. The van der Waals surface area contributed by atoms with Crippen molar-refractivity contribution in [3.8, 4) is 0 Å². The van der Waals surface area contributed by atoms with Crippen molar-refractivity contribution in [2.75, 3.05) is 5.73 Å². The summed E-state index contributed by atoms with van der Waals surface area (Å²) in [6.07, 6.45) is 4.13. The van der Waals surface area contributed by atoms with E-state index in [2.05, 4.69) is 34.8 Å². The average Bonchev–Trinajstić information content (AvgIpc) is 2.79. The van der Waals surface area contributed by atoms with E-state index < -0.39 is 0 Å². The van der Waals surface area contributed by atoms with E-state index >= 15 is 0 Å². The Morgan fingerprint density at radius 2 is 2.10 bits per heavy atom. The Balaban J connectivity index is 1.79. The summed E-state index contributed by atoms with van der Waals surface area (Å²) < 4.78 is 2.05. The quantitative estimate of drug-likeness (QED) is 0.583. The zero-order valence-corrected chi connectivity index (χ0v) is 12.6. The van der Waals surface area contributed by atoms with Gasteiger partial charge in [0.15, 0.2) is 0 Å². The van der Waals surface area contributed by atoms with Crippen LogP contribution in [-0.2, 0) is 5.75 Å². The van der Waals surface area contributed by atoms with Crippen LogP contribution < -0.4 is 5.73 Å². The Morgan fingerprint density at radius 3 is 2.90 bits per heavy atom. The first-order valence-electron chi connectivity index (χ1n) is 6.24. The summed E-state index contributed by atoms with van der Waals surface area (Å²) >= 11 is 7.83. The first-order chi connectivity index (χ1) is 9.61. The number of thioether (sulfide) groups is 1. The molecule has 0 saturated carbocycles. The normalized spacial score (nSPS) is 11.1. The van der Waals surface area contributed by atoms with Crippen LogP contribution in [-0.4, -0.2) is 9.38 Å². The number of hydrogen-bond acceptors (Lipinski definition) is 3. The van der Waals surface area contributed by atoms with Crippen molar-refractivity contribution in [2.45, 2.75) is 17.6 Å². The number of rotatable bonds is 3. The second kappa shape index (κ2) is 5.38. The van der Waals surface area contributed by atoms with Crippen molar-refractivity contribution < 1.29 is 0 Å². The topological polar surface area (TPSA) is 43.3 Å². The van der Waals surface area contributed by atoms with Gasteiger partial charge >= 0.3 is 0 Å². The van der Waals surface area contributed by atoms with Crippen LogP contribution in [0.5, 0.6) is 0 Å². The van der Waals surface area contributed by atoms with Gasteiger partial charge in [-0.2, -0.15) is 0 Å². The lowest BCUT2D eigenvalue weighted by atomic mass is 10.3. The van der Waals surface area contributed by atoms with Gasteiger partial charge < -0.3 is 10.1 Å². The largest absolute Gasteiger partial charge is 0.399 e. The van der Waals surface area contributed by atoms with Crippen LogP contribution in [0.15, 0.2) is 47.6 Å². The van der Waals surface area contributed by atoms with E-state index in [1.165, 1.54) is 5.56 Å². The molecule has 1 aromatic carbocycles. The Bertz CT molecular complexity index is 767. The summed E-state index contributed by atoms with van der Waals surface area (Å²) in [5.41, 5.74) is 9.59. The van der Waals surface area contributed by atoms with Crippen LogP contribution in [0.3, 0.4) is 0 Å². The SMILES string of the molecule is Cc1ccc2nc(CSc3ccc(N)cc3Cl)cn2c1. The number of nitrogens with two attached hydrogens (primary N) is 1. The molecular formula is C15H14ClN3S. The Kier molecular flexibility index (Phi) is 3.59. The lowest BCUT2D eigenvalue weighted by molar-refractivity contribution is 1.15. The van der Waals surface area contributed by atoms with Crippen molar-refractivity contribution in [1.29, 1.82) is 0 Å². The molecule has 3 aromatic rings. The van der Waals surface area contributed by atoms with Crippen LogP contribution in [0.25, 0.3) is 5.65 Å². The van der Waals surface area contributed by atoms with Crippen molar-refractivity contribution in [2.24, 2.45) is 0 Å². The number of aromatic nitrogens is 2. The molecule has 0 unspecified atom stereocenters. The molecule has 102 valence electrons. The van der Waals surface area contributed by atoms with E-state index in [0.29, 0.717) is 10.7 Å². The molecule has 0 atom stereocenters. The molecule has 0 spiro atoms. The molecule has 3 nitrogen and oxygen atoms in total. The molecule has 2 heterocycles. The summed E-state index contributed by atoms with van der Waals surface area (Å²) in [6.45, 7) is 2.07. The standard InChI is InChI=1S/C15H14ClN3S/c1-10-2-5-15-18-12(8-19(15)7-10)9-20-14-4-3-11(17)6-13(14)16/h2-8H,9,17H2,1H3. The van der Waals surface area contributed by atoms with Gasteiger partial charge in [-0.3, -0.25) is 0 Å². The predicted molar refractivity (Wildman–Crippen MR) is 85.4 cm³/mol. The van der Waals surface area contributed by atoms with Gasteiger partial charge in [-0.15, -0.1) is 11.8 Å². The summed E-state index contributed by atoms with van der Waals surface area (Å²) in [4.78, 5) is 5.61. The highest BCUT2D eigenvalue weighted by Gasteiger charge is 2.05. The number of benzene rings is 1. The van der Waals surface area contributed by atoms with E-state index in [4.69, 9.17) is 17.3 Å². The van der Waals surface area contributed by atoms with Gasteiger partial charge in [0.05, 0.1) is 10.7 Å². The zero-order chi connectivity index (χ0) is 14.1. The molecule has 0 amide bonds. The Labute approximate surface area is 126 Å². The minimum Gasteiger partial charge on any atom is -0.399 e. The third-order valence-electron chi connectivity index (χ3n) is 2.98. The second-order valence-electron chi connectivity index (χ2n) is 4.68. The van der Waals surface area contributed by atoms with E-state index in [1.807, 2.05) is 18.2 Å². The molecule has 0 aliphatic rings. The molecule has 2 aromatic heterocycles. The highest BCUT2D eigenvalue weighted by molar-refractivity contribution is 7.98. The van der Waals surface area contributed by atoms with E-state index in [-0.39, 0.29) is 0 Å². The molecule has 0 fully saturated rings. The van der Waals surface area contributed by atoms with Gasteiger partial charge in [0, 0.05) is 28.7 Å². The first-order valence-corrected chi connectivity index (χ1v) is 7.60. The molecule has 2 N–H and O–H groups in total. The second-order valence-corrected chi connectivity index (χ2v) is 6.11. The summed E-state index contributed by atoms with van der Waals surface area (Å²) in [5.74, 6) is 0.782. The fourth-order valence-corrected chi connectivity index (χ4v) is 3.17. The average molecular weight is 304 g/mol. The van der Waals surface area contributed by atoms with Crippen LogP contribution >= 0.6 is 23.4 Å². The summed E-state index contributed by atoms with van der Waals surface area (Å²) in [7, 11) is 0. The maximum atomic E-state index is 6.17. The van der Waals surface area contributed by atoms with Gasteiger partial charge in [-0.1, -0.05) is 17.7 Å². The Hall–Kier alpha value is -1.65. The number of aryl methyl sites for hydroxylation is 1. The molecule has 0 saturated heterocycles. The van der Waals surface area contributed by atoms with Crippen LogP contribution in [0.4, 0.5) is 5.69 Å². The van der Waals surface area contributed by atoms with E-state index in [9.17, 15) is 0 Å². The highest BCUT2D eigenvalue weighted by Crippen LogP contribution is 2.31. The maximum Gasteiger partial charge on any atom is 0.137 e. The molecule has 0 aliphatic carbocycles. The van der Waals surface area contributed by atoms with Crippen molar-refractivity contribution in [3.05, 3.63) is 59.0 Å². The highest BCUT2D eigenvalue weighted by atomic mass is 35.5. The molecule has 5 heteroatoms. The zero-order valence-electron chi connectivity index (χ0n) is 11.0. The number of anilines is 1. The smallest absolute Gasteiger partial charge is 0.137 e. The number of nitrogens with zero attached hydrogens (tertiary/aromatic N) is 2. The Morgan fingerprint density at radius 1 is 1.25 bits per heavy atom. The minimum atomic E-state index is 0.683. The third kappa shape index (κ3) is 2.76. The lowest BCUT2D eigenvalue weighted by Crippen LogP contribution is -1.85. The minimum absolute atomic E-state index is 0.683. The fourth-order valence-electron chi connectivity index (χ4n) is 2.01. The number of fused-ring (bicyclic) bond motifs is 1. The fraction of sp³-hybridized carbons (Fsp3) is 0.133. The van der Waals surface area contributed by atoms with Crippen molar-refractivity contribution in [1.82, 2.24) is 9.38 Å². The molecular weight excluding hydrogens is 290 g/mol. The van der Waals surface area contributed by atoms with E-state index in [1.54, 1.807) is 17.8 Å².